The molecule has 1 aliphatic rings. The highest BCUT2D eigenvalue weighted by Crippen LogP contribution is 2.16. The molecule has 0 saturated carbocycles. The lowest BCUT2D eigenvalue weighted by Crippen LogP contribution is -2.32. The SMILES string of the molecule is CCc1ccc2c(=O)n(CC3CCNCC3)ccc2c1. The van der Waals surface area contributed by atoms with E-state index in [1.807, 2.05) is 16.8 Å². The summed E-state index contributed by atoms with van der Waals surface area (Å²) in [5, 5.41) is 5.28. The first-order valence-electron chi connectivity index (χ1n) is 7.60. The molecule has 1 aliphatic heterocycles. The van der Waals surface area contributed by atoms with E-state index in [-0.39, 0.29) is 5.56 Å². The molecule has 1 aromatic heterocycles. The number of pyridine rings is 1. The van der Waals surface area contributed by atoms with E-state index in [4.69, 9.17) is 0 Å². The molecular weight excluding hydrogens is 248 g/mol. The van der Waals surface area contributed by atoms with Gasteiger partial charge in [0.2, 0.25) is 0 Å². The van der Waals surface area contributed by atoms with Gasteiger partial charge in [0.05, 0.1) is 0 Å². The van der Waals surface area contributed by atoms with Gasteiger partial charge in [-0.25, -0.2) is 0 Å². The number of nitrogens with one attached hydrogen (secondary N) is 1. The summed E-state index contributed by atoms with van der Waals surface area (Å²) in [7, 11) is 0. The van der Waals surface area contributed by atoms with Crippen LogP contribution in [0.25, 0.3) is 10.8 Å². The lowest BCUT2D eigenvalue weighted by molar-refractivity contribution is 0.330. The standard InChI is InChI=1S/C17H22N2O/c1-2-13-3-4-16-15(11-13)7-10-19(17(16)20)12-14-5-8-18-9-6-14/h3-4,7,10-11,14,18H,2,5-6,8-9,12H2,1H3. The molecule has 3 rings (SSSR count). The Morgan fingerprint density at radius 3 is 2.80 bits per heavy atom. The van der Waals surface area contributed by atoms with Crippen LogP contribution in [0.1, 0.15) is 25.3 Å². The maximum atomic E-state index is 12.5. The predicted molar refractivity (Wildman–Crippen MR) is 83.2 cm³/mol. The third kappa shape index (κ3) is 2.63. The number of rotatable bonds is 3. The number of nitrogens with zero attached hydrogens (tertiary/aromatic N) is 1. The quantitative estimate of drug-likeness (QED) is 0.930. The van der Waals surface area contributed by atoms with Crippen LogP contribution < -0.4 is 10.9 Å². The van der Waals surface area contributed by atoms with E-state index < -0.39 is 0 Å². The average Bonchev–Trinajstić information content (AvgIpc) is 2.51. The molecule has 1 fully saturated rings. The number of benzene rings is 1. The van der Waals surface area contributed by atoms with Crippen molar-refractivity contribution < 1.29 is 0 Å². The van der Waals surface area contributed by atoms with Crippen molar-refractivity contribution in [3.05, 3.63) is 46.4 Å². The molecule has 0 spiro atoms. The molecule has 0 unspecified atom stereocenters. The summed E-state index contributed by atoms with van der Waals surface area (Å²) in [5.74, 6) is 0.626. The summed E-state index contributed by atoms with van der Waals surface area (Å²) in [5.41, 5.74) is 1.44. The van der Waals surface area contributed by atoms with Crippen molar-refractivity contribution >= 4 is 10.8 Å². The van der Waals surface area contributed by atoms with Crippen LogP contribution >= 0.6 is 0 Å². The fourth-order valence-electron chi connectivity index (χ4n) is 3.04. The Morgan fingerprint density at radius 1 is 1.25 bits per heavy atom. The zero-order valence-corrected chi connectivity index (χ0v) is 12.1. The molecule has 3 heteroatoms. The molecule has 3 nitrogen and oxygen atoms in total. The van der Waals surface area contributed by atoms with Gasteiger partial charge in [0, 0.05) is 18.1 Å². The molecule has 1 aromatic carbocycles. The van der Waals surface area contributed by atoms with E-state index in [1.165, 1.54) is 18.4 Å². The van der Waals surface area contributed by atoms with Crippen molar-refractivity contribution in [1.29, 1.82) is 0 Å². The Hall–Kier alpha value is -1.61. The van der Waals surface area contributed by atoms with Gasteiger partial charge in [-0.3, -0.25) is 4.79 Å². The van der Waals surface area contributed by atoms with Gasteiger partial charge >= 0.3 is 0 Å². The molecule has 1 saturated heterocycles. The van der Waals surface area contributed by atoms with Crippen LogP contribution in [0.15, 0.2) is 35.3 Å². The van der Waals surface area contributed by atoms with E-state index in [9.17, 15) is 4.79 Å². The molecule has 2 aromatic rings. The highest BCUT2D eigenvalue weighted by Gasteiger charge is 2.14. The largest absolute Gasteiger partial charge is 0.317 e. The molecule has 20 heavy (non-hydrogen) atoms. The normalized spacial score (nSPS) is 16.6. The monoisotopic (exact) mass is 270 g/mol. The highest BCUT2D eigenvalue weighted by molar-refractivity contribution is 5.82. The molecule has 0 radical (unpaired) electrons. The number of hydrogen-bond acceptors (Lipinski definition) is 2. The van der Waals surface area contributed by atoms with Crippen LogP contribution in [0.2, 0.25) is 0 Å². The summed E-state index contributed by atoms with van der Waals surface area (Å²) in [4.78, 5) is 12.5. The molecule has 1 N–H and O–H groups in total. The van der Waals surface area contributed by atoms with E-state index in [0.717, 1.165) is 36.8 Å². The van der Waals surface area contributed by atoms with E-state index in [0.29, 0.717) is 5.92 Å². The Balaban J connectivity index is 1.92. The maximum absolute atomic E-state index is 12.5. The summed E-state index contributed by atoms with van der Waals surface area (Å²) < 4.78 is 1.89. The van der Waals surface area contributed by atoms with Gasteiger partial charge in [-0.1, -0.05) is 19.1 Å². The first-order chi connectivity index (χ1) is 9.78. The minimum atomic E-state index is 0.156. The van der Waals surface area contributed by atoms with E-state index in [2.05, 4.69) is 30.4 Å². The topological polar surface area (TPSA) is 34.0 Å². The van der Waals surface area contributed by atoms with Crippen LogP contribution in [0, 0.1) is 5.92 Å². The number of aromatic nitrogens is 1. The second-order valence-corrected chi connectivity index (χ2v) is 5.74. The zero-order valence-electron chi connectivity index (χ0n) is 12.1. The minimum Gasteiger partial charge on any atom is -0.317 e. The van der Waals surface area contributed by atoms with Gasteiger partial charge in [-0.2, -0.15) is 0 Å². The van der Waals surface area contributed by atoms with Crippen LogP contribution in [0.3, 0.4) is 0 Å². The molecule has 106 valence electrons. The lowest BCUT2D eigenvalue weighted by atomic mass is 9.98. The van der Waals surface area contributed by atoms with Gasteiger partial charge in [0.1, 0.15) is 0 Å². The van der Waals surface area contributed by atoms with Crippen LogP contribution in [-0.4, -0.2) is 17.7 Å². The third-order valence-corrected chi connectivity index (χ3v) is 4.36. The Labute approximate surface area is 119 Å². The van der Waals surface area contributed by atoms with Crippen molar-refractivity contribution in [2.75, 3.05) is 13.1 Å². The van der Waals surface area contributed by atoms with Crippen molar-refractivity contribution in [3.8, 4) is 0 Å². The number of fused-ring (bicyclic) bond motifs is 1. The molecule has 0 amide bonds. The number of aryl methyl sites for hydroxylation is 1. The van der Waals surface area contributed by atoms with Gasteiger partial charge in [0.25, 0.3) is 5.56 Å². The maximum Gasteiger partial charge on any atom is 0.258 e. The molecule has 0 bridgehead atoms. The van der Waals surface area contributed by atoms with Crippen LogP contribution in [-0.2, 0) is 13.0 Å². The fourth-order valence-corrected chi connectivity index (χ4v) is 3.04. The minimum absolute atomic E-state index is 0.156. The average molecular weight is 270 g/mol. The zero-order chi connectivity index (χ0) is 13.9. The Bertz CT molecular complexity index is 654. The Kier molecular flexibility index (Phi) is 3.88. The Morgan fingerprint density at radius 2 is 2.05 bits per heavy atom. The van der Waals surface area contributed by atoms with E-state index in [1.54, 1.807) is 0 Å². The molecule has 2 heterocycles. The first-order valence-corrected chi connectivity index (χ1v) is 7.60. The molecule has 0 aliphatic carbocycles. The van der Waals surface area contributed by atoms with Gasteiger partial charge in [-0.05, 0) is 61.4 Å². The summed E-state index contributed by atoms with van der Waals surface area (Å²) >= 11 is 0. The first kappa shape index (κ1) is 13.4. The molecular formula is C17H22N2O. The van der Waals surface area contributed by atoms with E-state index >= 15 is 0 Å². The van der Waals surface area contributed by atoms with Crippen molar-refractivity contribution in [2.45, 2.75) is 32.7 Å². The van der Waals surface area contributed by atoms with Crippen molar-refractivity contribution in [3.63, 3.8) is 0 Å². The van der Waals surface area contributed by atoms with Gasteiger partial charge < -0.3 is 9.88 Å². The smallest absolute Gasteiger partial charge is 0.258 e. The second-order valence-electron chi connectivity index (χ2n) is 5.74. The third-order valence-electron chi connectivity index (χ3n) is 4.36. The van der Waals surface area contributed by atoms with Gasteiger partial charge in [0.15, 0.2) is 0 Å². The predicted octanol–water partition coefficient (Wildman–Crippen LogP) is 2.56. The van der Waals surface area contributed by atoms with Gasteiger partial charge in [-0.15, -0.1) is 0 Å². The highest BCUT2D eigenvalue weighted by atomic mass is 16.1. The number of hydrogen-bond donors (Lipinski definition) is 1. The fraction of sp³-hybridized carbons (Fsp3) is 0.471. The van der Waals surface area contributed by atoms with Crippen molar-refractivity contribution in [2.24, 2.45) is 5.92 Å². The van der Waals surface area contributed by atoms with Crippen LogP contribution in [0.5, 0.6) is 0 Å². The summed E-state index contributed by atoms with van der Waals surface area (Å²) in [6.45, 7) is 5.14. The summed E-state index contributed by atoms with van der Waals surface area (Å²) in [6.07, 6.45) is 5.30. The number of piperidine rings is 1. The molecule has 0 atom stereocenters. The second kappa shape index (κ2) is 5.80. The van der Waals surface area contributed by atoms with Crippen molar-refractivity contribution in [1.82, 2.24) is 9.88 Å². The van der Waals surface area contributed by atoms with Crippen LogP contribution in [0.4, 0.5) is 0 Å². The lowest BCUT2D eigenvalue weighted by Gasteiger charge is -2.23. The summed E-state index contributed by atoms with van der Waals surface area (Å²) in [6, 6.07) is 8.26.